The highest BCUT2D eigenvalue weighted by molar-refractivity contribution is 5.58. The van der Waals surface area contributed by atoms with Crippen molar-refractivity contribution >= 4 is 5.69 Å². The van der Waals surface area contributed by atoms with E-state index in [2.05, 4.69) is 59.2 Å². The highest BCUT2D eigenvalue weighted by atomic mass is 16.5. The molecule has 1 heterocycles. The summed E-state index contributed by atoms with van der Waals surface area (Å²) in [6, 6.07) is 19.7. The number of piperazine rings is 1. The number of hydrogen-bond donors (Lipinski definition) is 0. The summed E-state index contributed by atoms with van der Waals surface area (Å²) < 4.78 is 5.50. The minimum atomic E-state index is 0.581. The van der Waals surface area contributed by atoms with E-state index in [0.29, 0.717) is 6.04 Å². The molecule has 0 aliphatic carbocycles. The molecule has 0 spiro atoms. The first-order valence-corrected chi connectivity index (χ1v) is 8.44. The molecule has 1 fully saturated rings. The van der Waals surface area contributed by atoms with Gasteiger partial charge in [-0.1, -0.05) is 42.5 Å². The summed E-state index contributed by atoms with van der Waals surface area (Å²) in [7, 11) is 1.75. The normalized spacial score (nSPS) is 17.0. The monoisotopic (exact) mass is 310 g/mol. The molecule has 0 unspecified atom stereocenters. The van der Waals surface area contributed by atoms with Crippen molar-refractivity contribution in [3.63, 3.8) is 0 Å². The number of para-hydroxylation sites is 2. The first kappa shape index (κ1) is 15.9. The van der Waals surface area contributed by atoms with Gasteiger partial charge in [-0.2, -0.15) is 0 Å². The molecule has 3 rings (SSSR count). The molecule has 1 aliphatic heterocycles. The van der Waals surface area contributed by atoms with Crippen LogP contribution in [0.1, 0.15) is 12.5 Å². The lowest BCUT2D eigenvalue weighted by Crippen LogP contribution is -2.50. The summed E-state index contributed by atoms with van der Waals surface area (Å²) in [6.45, 7) is 6.66. The molecule has 1 saturated heterocycles. The number of benzene rings is 2. The van der Waals surface area contributed by atoms with Crippen molar-refractivity contribution in [1.82, 2.24) is 4.90 Å². The summed E-state index contributed by atoms with van der Waals surface area (Å²) in [5, 5.41) is 0. The summed E-state index contributed by atoms with van der Waals surface area (Å²) >= 11 is 0. The van der Waals surface area contributed by atoms with Crippen LogP contribution in [0.3, 0.4) is 0 Å². The molecule has 122 valence electrons. The van der Waals surface area contributed by atoms with Crippen molar-refractivity contribution in [2.45, 2.75) is 19.4 Å². The van der Waals surface area contributed by atoms with Crippen molar-refractivity contribution in [2.24, 2.45) is 0 Å². The second-order valence-corrected chi connectivity index (χ2v) is 6.23. The molecule has 3 heteroatoms. The zero-order valence-electron chi connectivity index (χ0n) is 14.1. The van der Waals surface area contributed by atoms with Crippen molar-refractivity contribution in [1.29, 1.82) is 0 Å². The average molecular weight is 310 g/mol. The molecule has 0 N–H and O–H groups in total. The zero-order valence-corrected chi connectivity index (χ0v) is 14.1. The molecule has 1 atom stereocenters. The minimum Gasteiger partial charge on any atom is -0.495 e. The van der Waals surface area contributed by atoms with Gasteiger partial charge in [-0.3, -0.25) is 4.90 Å². The van der Waals surface area contributed by atoms with Crippen LogP contribution in [0.2, 0.25) is 0 Å². The van der Waals surface area contributed by atoms with Gasteiger partial charge in [-0.25, -0.2) is 0 Å². The molecule has 2 aromatic carbocycles. The number of nitrogens with zero attached hydrogens (tertiary/aromatic N) is 2. The Morgan fingerprint density at radius 3 is 2.26 bits per heavy atom. The van der Waals surface area contributed by atoms with Crippen LogP contribution in [0.15, 0.2) is 54.6 Å². The molecule has 1 aliphatic rings. The molecule has 23 heavy (non-hydrogen) atoms. The molecule has 0 radical (unpaired) electrons. The van der Waals surface area contributed by atoms with Gasteiger partial charge in [0.2, 0.25) is 0 Å². The van der Waals surface area contributed by atoms with E-state index in [1.165, 1.54) is 11.3 Å². The maximum Gasteiger partial charge on any atom is 0.142 e. The highest BCUT2D eigenvalue weighted by Gasteiger charge is 2.22. The van der Waals surface area contributed by atoms with Crippen molar-refractivity contribution in [3.05, 3.63) is 60.2 Å². The van der Waals surface area contributed by atoms with Crippen LogP contribution >= 0.6 is 0 Å². The molecular weight excluding hydrogens is 284 g/mol. The van der Waals surface area contributed by atoms with Gasteiger partial charge in [-0.05, 0) is 31.0 Å². The molecule has 2 aromatic rings. The third kappa shape index (κ3) is 3.85. The van der Waals surface area contributed by atoms with E-state index >= 15 is 0 Å². The van der Waals surface area contributed by atoms with E-state index in [1.807, 2.05) is 12.1 Å². The summed E-state index contributed by atoms with van der Waals surface area (Å²) in [5.74, 6) is 0.971. The fraction of sp³-hybridized carbons (Fsp3) is 0.400. The molecule has 0 bridgehead atoms. The van der Waals surface area contributed by atoms with E-state index in [4.69, 9.17) is 4.74 Å². The number of methoxy groups -OCH3 is 1. The number of ether oxygens (including phenoxy) is 1. The van der Waals surface area contributed by atoms with Crippen LogP contribution in [0.25, 0.3) is 0 Å². The fourth-order valence-electron chi connectivity index (χ4n) is 3.38. The van der Waals surface area contributed by atoms with Crippen molar-refractivity contribution in [2.75, 3.05) is 38.2 Å². The van der Waals surface area contributed by atoms with Crippen molar-refractivity contribution in [3.8, 4) is 5.75 Å². The van der Waals surface area contributed by atoms with Gasteiger partial charge in [0.25, 0.3) is 0 Å². The summed E-state index contributed by atoms with van der Waals surface area (Å²) in [4.78, 5) is 5.03. The van der Waals surface area contributed by atoms with E-state index in [1.54, 1.807) is 7.11 Å². The zero-order chi connectivity index (χ0) is 16.1. The Morgan fingerprint density at radius 1 is 0.913 bits per heavy atom. The highest BCUT2D eigenvalue weighted by Crippen LogP contribution is 2.28. The van der Waals surface area contributed by atoms with Crippen LogP contribution < -0.4 is 9.64 Å². The summed E-state index contributed by atoms with van der Waals surface area (Å²) in [5.41, 5.74) is 2.64. The van der Waals surface area contributed by atoms with Crippen LogP contribution in [0.4, 0.5) is 5.69 Å². The van der Waals surface area contributed by atoms with E-state index in [0.717, 1.165) is 38.3 Å². The first-order valence-electron chi connectivity index (χ1n) is 8.44. The second kappa shape index (κ2) is 7.51. The Labute approximate surface area is 139 Å². The lowest BCUT2D eigenvalue weighted by Gasteiger charge is -2.39. The predicted molar refractivity (Wildman–Crippen MR) is 96.4 cm³/mol. The quantitative estimate of drug-likeness (QED) is 0.841. The van der Waals surface area contributed by atoms with Gasteiger partial charge in [0.15, 0.2) is 0 Å². The Bertz CT molecular complexity index is 606. The largest absolute Gasteiger partial charge is 0.495 e. The Kier molecular flexibility index (Phi) is 5.19. The number of rotatable bonds is 5. The van der Waals surface area contributed by atoms with E-state index in [9.17, 15) is 0 Å². The molecular formula is C20H26N2O. The van der Waals surface area contributed by atoms with Crippen LogP contribution in [0.5, 0.6) is 5.75 Å². The lowest BCUT2D eigenvalue weighted by molar-refractivity contribution is 0.195. The Hall–Kier alpha value is -2.00. The van der Waals surface area contributed by atoms with E-state index in [-0.39, 0.29) is 0 Å². The molecule has 0 amide bonds. The third-order valence-electron chi connectivity index (χ3n) is 4.74. The Morgan fingerprint density at radius 2 is 1.57 bits per heavy atom. The minimum absolute atomic E-state index is 0.581. The van der Waals surface area contributed by atoms with Gasteiger partial charge in [-0.15, -0.1) is 0 Å². The number of hydrogen-bond acceptors (Lipinski definition) is 3. The van der Waals surface area contributed by atoms with Gasteiger partial charge in [0.05, 0.1) is 12.8 Å². The number of anilines is 1. The average Bonchev–Trinajstić information content (AvgIpc) is 2.62. The SMILES string of the molecule is COc1ccccc1N1CCN([C@H](C)Cc2ccccc2)CC1. The third-order valence-corrected chi connectivity index (χ3v) is 4.74. The van der Waals surface area contributed by atoms with E-state index < -0.39 is 0 Å². The fourth-order valence-corrected chi connectivity index (χ4v) is 3.38. The maximum absolute atomic E-state index is 5.50. The van der Waals surface area contributed by atoms with Crippen LogP contribution in [-0.4, -0.2) is 44.2 Å². The van der Waals surface area contributed by atoms with Gasteiger partial charge in [0, 0.05) is 32.2 Å². The van der Waals surface area contributed by atoms with Gasteiger partial charge < -0.3 is 9.64 Å². The standard InChI is InChI=1S/C20H26N2O/c1-17(16-18-8-4-3-5-9-18)21-12-14-22(15-13-21)19-10-6-7-11-20(19)23-2/h3-11,17H,12-16H2,1-2H3/t17-/m1/s1. The topological polar surface area (TPSA) is 15.7 Å². The first-order chi connectivity index (χ1) is 11.3. The van der Waals surface area contributed by atoms with Crippen molar-refractivity contribution < 1.29 is 4.74 Å². The van der Waals surface area contributed by atoms with Gasteiger partial charge in [0.1, 0.15) is 5.75 Å². The summed E-state index contributed by atoms with van der Waals surface area (Å²) in [6.07, 6.45) is 1.12. The second-order valence-electron chi connectivity index (χ2n) is 6.23. The molecule has 0 aromatic heterocycles. The Balaban J connectivity index is 1.58. The van der Waals surface area contributed by atoms with Crippen LogP contribution in [0, 0.1) is 0 Å². The molecule has 3 nitrogen and oxygen atoms in total. The predicted octanol–water partition coefficient (Wildman–Crippen LogP) is 3.45. The maximum atomic E-state index is 5.50. The van der Waals surface area contributed by atoms with Crippen LogP contribution in [-0.2, 0) is 6.42 Å². The molecule has 0 saturated carbocycles. The lowest BCUT2D eigenvalue weighted by atomic mass is 10.1. The van der Waals surface area contributed by atoms with Gasteiger partial charge >= 0.3 is 0 Å². The smallest absolute Gasteiger partial charge is 0.142 e.